The second-order valence-electron chi connectivity index (χ2n) is 4.84. The Morgan fingerprint density at radius 1 is 1.42 bits per heavy atom. The summed E-state index contributed by atoms with van der Waals surface area (Å²) in [5.41, 5.74) is 6.02. The van der Waals surface area contributed by atoms with E-state index in [0.717, 1.165) is 27.9 Å². The van der Waals surface area contributed by atoms with E-state index in [1.54, 1.807) is 0 Å². The molecule has 0 spiro atoms. The van der Waals surface area contributed by atoms with Crippen LogP contribution in [0.3, 0.4) is 0 Å². The fourth-order valence-corrected chi connectivity index (χ4v) is 2.61. The predicted octanol–water partition coefficient (Wildman–Crippen LogP) is 2.38. The third kappa shape index (κ3) is 2.00. The molecule has 1 atom stereocenters. The molecule has 1 aromatic carbocycles. The van der Waals surface area contributed by atoms with Gasteiger partial charge in [0.25, 0.3) is 0 Å². The molecule has 2 aromatic rings. The number of nitrogens with one attached hydrogen (secondary N) is 2. The van der Waals surface area contributed by atoms with Crippen LogP contribution in [0, 0.1) is 12.8 Å². The highest BCUT2D eigenvalue weighted by Gasteiger charge is 2.22. The number of aromatic amines is 1. The minimum Gasteiger partial charge on any atom is -0.282 e. The lowest BCUT2D eigenvalue weighted by Gasteiger charge is -2.19. The Morgan fingerprint density at radius 3 is 2.95 bits per heavy atom. The van der Waals surface area contributed by atoms with E-state index in [-0.39, 0.29) is 11.8 Å². The van der Waals surface area contributed by atoms with Crippen LogP contribution in [0.4, 0.5) is 0 Å². The summed E-state index contributed by atoms with van der Waals surface area (Å²) in [5.74, 6) is 0.0254. The van der Waals surface area contributed by atoms with E-state index in [4.69, 9.17) is 11.6 Å². The van der Waals surface area contributed by atoms with Crippen LogP contribution in [0.25, 0.3) is 10.9 Å². The lowest BCUT2D eigenvalue weighted by atomic mass is 9.93. The van der Waals surface area contributed by atoms with Gasteiger partial charge < -0.3 is 0 Å². The largest absolute Gasteiger partial charge is 0.282 e. The number of aryl methyl sites for hydroxylation is 1. The van der Waals surface area contributed by atoms with Crippen LogP contribution in [-0.4, -0.2) is 21.8 Å². The number of benzene rings is 1. The second kappa shape index (κ2) is 4.35. The molecule has 1 aliphatic rings. The number of aromatic nitrogens is 2. The molecule has 0 radical (unpaired) electrons. The molecule has 1 aromatic heterocycles. The highest BCUT2D eigenvalue weighted by molar-refractivity contribution is 6.35. The molecule has 0 saturated carbocycles. The van der Waals surface area contributed by atoms with Crippen LogP contribution >= 0.6 is 11.6 Å². The minimum absolute atomic E-state index is 0.0529. The zero-order valence-electron chi connectivity index (χ0n) is 10.6. The van der Waals surface area contributed by atoms with Crippen LogP contribution < -0.4 is 5.43 Å². The highest BCUT2D eigenvalue weighted by atomic mass is 35.5. The standard InChI is InChI=1S/C13H13ClN4O/c1-6-3-11(19)16-17-12(6)8-4-9-7(2)15-18-13(9)10(14)5-8/h4-6H,3H2,1-2H3,(H,15,18)(H,16,19). The van der Waals surface area contributed by atoms with E-state index in [9.17, 15) is 4.79 Å². The molecule has 2 heterocycles. The third-order valence-electron chi connectivity index (χ3n) is 3.36. The number of rotatable bonds is 1. The Labute approximate surface area is 115 Å². The maximum atomic E-state index is 11.3. The van der Waals surface area contributed by atoms with E-state index < -0.39 is 0 Å². The summed E-state index contributed by atoms with van der Waals surface area (Å²) < 4.78 is 0. The van der Waals surface area contributed by atoms with Crippen molar-refractivity contribution >= 4 is 34.1 Å². The molecule has 1 unspecified atom stereocenters. The fraction of sp³-hybridized carbons (Fsp3) is 0.308. The Balaban J connectivity index is 2.15. The molecule has 1 amide bonds. The van der Waals surface area contributed by atoms with Gasteiger partial charge in [-0.1, -0.05) is 18.5 Å². The first-order chi connectivity index (χ1) is 9.06. The van der Waals surface area contributed by atoms with Gasteiger partial charge >= 0.3 is 0 Å². The molecule has 2 N–H and O–H groups in total. The van der Waals surface area contributed by atoms with E-state index >= 15 is 0 Å². The Kier molecular flexibility index (Phi) is 2.78. The van der Waals surface area contributed by atoms with Crippen molar-refractivity contribution in [2.75, 3.05) is 0 Å². The topological polar surface area (TPSA) is 70.1 Å². The second-order valence-corrected chi connectivity index (χ2v) is 5.25. The summed E-state index contributed by atoms with van der Waals surface area (Å²) in [6.07, 6.45) is 0.443. The van der Waals surface area contributed by atoms with Crippen molar-refractivity contribution in [1.82, 2.24) is 15.6 Å². The lowest BCUT2D eigenvalue weighted by Crippen LogP contribution is -2.31. The molecule has 5 nitrogen and oxygen atoms in total. The van der Waals surface area contributed by atoms with Gasteiger partial charge in [-0.2, -0.15) is 10.2 Å². The van der Waals surface area contributed by atoms with Gasteiger partial charge in [-0.15, -0.1) is 0 Å². The number of H-pyrrole nitrogens is 1. The fourth-order valence-electron chi connectivity index (χ4n) is 2.35. The zero-order valence-corrected chi connectivity index (χ0v) is 11.4. The molecular formula is C13H13ClN4O. The van der Waals surface area contributed by atoms with E-state index in [1.807, 2.05) is 26.0 Å². The van der Waals surface area contributed by atoms with Crippen molar-refractivity contribution in [2.45, 2.75) is 20.3 Å². The number of hydrogen-bond acceptors (Lipinski definition) is 3. The zero-order chi connectivity index (χ0) is 13.6. The summed E-state index contributed by atoms with van der Waals surface area (Å²) in [6, 6.07) is 3.85. The van der Waals surface area contributed by atoms with Crippen LogP contribution in [0.5, 0.6) is 0 Å². The van der Waals surface area contributed by atoms with Crippen molar-refractivity contribution in [2.24, 2.45) is 11.0 Å². The van der Waals surface area contributed by atoms with Gasteiger partial charge in [0.05, 0.1) is 10.7 Å². The SMILES string of the molecule is Cc1[nH]nc2c(Cl)cc(C3=NNC(=O)CC3C)cc12. The molecule has 98 valence electrons. The Bertz CT molecular complexity index is 704. The van der Waals surface area contributed by atoms with Crippen molar-refractivity contribution in [3.63, 3.8) is 0 Å². The van der Waals surface area contributed by atoms with Crippen molar-refractivity contribution in [1.29, 1.82) is 0 Å². The first-order valence-electron chi connectivity index (χ1n) is 6.07. The van der Waals surface area contributed by atoms with Gasteiger partial charge in [0, 0.05) is 29.0 Å². The van der Waals surface area contributed by atoms with E-state index in [2.05, 4.69) is 20.7 Å². The van der Waals surface area contributed by atoms with Crippen LogP contribution in [0.1, 0.15) is 24.6 Å². The number of nitrogens with zero attached hydrogens (tertiary/aromatic N) is 2. The molecule has 0 bridgehead atoms. The quantitative estimate of drug-likeness (QED) is 0.839. The van der Waals surface area contributed by atoms with Crippen molar-refractivity contribution < 1.29 is 4.79 Å². The number of hydrazone groups is 1. The maximum absolute atomic E-state index is 11.3. The van der Waals surface area contributed by atoms with Gasteiger partial charge in [0.2, 0.25) is 5.91 Å². The van der Waals surface area contributed by atoms with Gasteiger partial charge in [-0.3, -0.25) is 9.89 Å². The number of carbonyl (C=O) groups is 1. The molecule has 0 saturated heterocycles. The first-order valence-corrected chi connectivity index (χ1v) is 6.45. The average molecular weight is 277 g/mol. The molecule has 19 heavy (non-hydrogen) atoms. The molecule has 1 aliphatic heterocycles. The molecule has 0 fully saturated rings. The Hall–Kier alpha value is -1.88. The van der Waals surface area contributed by atoms with Crippen LogP contribution in [0.15, 0.2) is 17.2 Å². The summed E-state index contributed by atoms with van der Waals surface area (Å²) >= 11 is 6.25. The van der Waals surface area contributed by atoms with E-state index in [1.165, 1.54) is 0 Å². The first kappa shape index (κ1) is 12.2. The third-order valence-corrected chi connectivity index (χ3v) is 3.65. The smallest absolute Gasteiger partial charge is 0.240 e. The predicted molar refractivity (Wildman–Crippen MR) is 74.3 cm³/mol. The summed E-state index contributed by atoms with van der Waals surface area (Å²) in [6.45, 7) is 3.93. The number of fused-ring (bicyclic) bond motifs is 1. The van der Waals surface area contributed by atoms with Gasteiger partial charge in [0.1, 0.15) is 5.52 Å². The molecule has 3 rings (SSSR count). The number of halogens is 1. The summed E-state index contributed by atoms with van der Waals surface area (Å²) in [7, 11) is 0. The lowest BCUT2D eigenvalue weighted by molar-refractivity contribution is -0.121. The van der Waals surface area contributed by atoms with Gasteiger partial charge in [-0.05, 0) is 19.1 Å². The summed E-state index contributed by atoms with van der Waals surface area (Å²) in [5, 5.41) is 12.8. The monoisotopic (exact) mass is 276 g/mol. The highest BCUT2D eigenvalue weighted by Crippen LogP contribution is 2.28. The van der Waals surface area contributed by atoms with Crippen LogP contribution in [-0.2, 0) is 4.79 Å². The number of carbonyl (C=O) groups excluding carboxylic acids is 1. The Morgan fingerprint density at radius 2 is 2.21 bits per heavy atom. The number of amides is 1. The van der Waals surface area contributed by atoms with Crippen molar-refractivity contribution in [3.05, 3.63) is 28.4 Å². The van der Waals surface area contributed by atoms with E-state index in [0.29, 0.717) is 11.4 Å². The van der Waals surface area contributed by atoms with Gasteiger partial charge in [0.15, 0.2) is 0 Å². The minimum atomic E-state index is -0.0529. The molecule has 0 aliphatic carbocycles. The van der Waals surface area contributed by atoms with Crippen LogP contribution in [0.2, 0.25) is 5.02 Å². The van der Waals surface area contributed by atoms with Gasteiger partial charge in [-0.25, -0.2) is 5.43 Å². The van der Waals surface area contributed by atoms with Crippen molar-refractivity contribution in [3.8, 4) is 0 Å². The molecule has 6 heteroatoms. The summed E-state index contributed by atoms with van der Waals surface area (Å²) in [4.78, 5) is 11.3. The normalized spacial score (nSPS) is 19.4. The average Bonchev–Trinajstić information content (AvgIpc) is 2.72. The molecular weight excluding hydrogens is 264 g/mol. The number of hydrogen-bond donors (Lipinski definition) is 2. The maximum Gasteiger partial charge on any atom is 0.240 e.